The molecule has 2 heterocycles. The van der Waals surface area contributed by atoms with Crippen molar-refractivity contribution in [1.29, 1.82) is 0 Å². The molecule has 3 rings (SSSR count). The molecular formula is C16H16N2S2. The lowest BCUT2D eigenvalue weighted by atomic mass is 10.2. The van der Waals surface area contributed by atoms with Crippen LogP contribution in [-0.4, -0.2) is 4.98 Å². The predicted molar refractivity (Wildman–Crippen MR) is 87.1 cm³/mol. The summed E-state index contributed by atoms with van der Waals surface area (Å²) in [4.78, 5) is 4.68. The van der Waals surface area contributed by atoms with Gasteiger partial charge >= 0.3 is 0 Å². The number of nitrogens with zero attached hydrogens (tertiary/aromatic N) is 1. The van der Waals surface area contributed by atoms with Crippen LogP contribution in [0.4, 0.5) is 0 Å². The Bertz CT molecular complexity index is 671. The van der Waals surface area contributed by atoms with Gasteiger partial charge in [-0.2, -0.15) is 11.3 Å². The van der Waals surface area contributed by atoms with Gasteiger partial charge < -0.3 is 5.32 Å². The van der Waals surface area contributed by atoms with Crippen molar-refractivity contribution in [2.45, 2.75) is 20.0 Å². The highest BCUT2D eigenvalue weighted by Gasteiger charge is 2.04. The van der Waals surface area contributed by atoms with Gasteiger partial charge in [0.1, 0.15) is 5.01 Å². The first-order valence-corrected chi connectivity index (χ1v) is 8.37. The summed E-state index contributed by atoms with van der Waals surface area (Å²) in [5.41, 5.74) is 5.00. The van der Waals surface area contributed by atoms with Crippen LogP contribution < -0.4 is 5.32 Å². The average Bonchev–Trinajstić information content (AvgIpc) is 3.10. The Balaban J connectivity index is 1.59. The highest BCUT2D eigenvalue weighted by molar-refractivity contribution is 7.10. The van der Waals surface area contributed by atoms with Crippen LogP contribution in [0.15, 0.2) is 46.5 Å². The van der Waals surface area contributed by atoms with E-state index in [2.05, 4.69) is 45.5 Å². The number of nitrogens with one attached hydrogen (secondary N) is 1. The second kappa shape index (κ2) is 6.31. The van der Waals surface area contributed by atoms with Gasteiger partial charge in [-0.05, 0) is 28.8 Å². The molecule has 1 N–H and O–H groups in total. The van der Waals surface area contributed by atoms with Crippen LogP contribution in [0.25, 0.3) is 11.3 Å². The van der Waals surface area contributed by atoms with Crippen LogP contribution in [-0.2, 0) is 13.1 Å². The lowest BCUT2D eigenvalue weighted by molar-refractivity contribution is 0.689. The van der Waals surface area contributed by atoms with Crippen LogP contribution in [0.1, 0.15) is 16.1 Å². The number of thiophene rings is 1. The number of hydrogen-bond donors (Lipinski definition) is 1. The molecule has 1 aromatic carbocycles. The zero-order chi connectivity index (χ0) is 13.8. The Morgan fingerprint density at radius 3 is 2.65 bits per heavy atom. The van der Waals surface area contributed by atoms with E-state index in [0.29, 0.717) is 0 Å². The molecule has 102 valence electrons. The fraction of sp³-hybridized carbons (Fsp3) is 0.188. The molecule has 0 bridgehead atoms. The Morgan fingerprint density at radius 1 is 1.05 bits per heavy atom. The summed E-state index contributed by atoms with van der Waals surface area (Å²) in [6, 6.07) is 10.3. The number of thiazole rings is 1. The predicted octanol–water partition coefficient (Wildman–Crippen LogP) is 4.47. The molecule has 2 aromatic heterocycles. The summed E-state index contributed by atoms with van der Waals surface area (Å²) in [5.74, 6) is 0. The summed E-state index contributed by atoms with van der Waals surface area (Å²) >= 11 is 3.48. The number of rotatable bonds is 5. The number of aromatic nitrogens is 1. The maximum Gasteiger partial charge on any atom is 0.107 e. The minimum Gasteiger partial charge on any atom is -0.306 e. The van der Waals surface area contributed by atoms with E-state index in [9.17, 15) is 0 Å². The van der Waals surface area contributed by atoms with Crippen molar-refractivity contribution < 1.29 is 0 Å². The molecule has 0 spiro atoms. The first kappa shape index (κ1) is 13.5. The molecule has 0 fully saturated rings. The third-order valence-electron chi connectivity index (χ3n) is 3.17. The van der Waals surface area contributed by atoms with Crippen molar-refractivity contribution in [3.05, 3.63) is 62.6 Å². The van der Waals surface area contributed by atoms with E-state index in [1.165, 1.54) is 16.7 Å². The maximum atomic E-state index is 4.68. The minimum absolute atomic E-state index is 0.826. The maximum absolute atomic E-state index is 4.68. The summed E-state index contributed by atoms with van der Waals surface area (Å²) in [6.45, 7) is 3.90. The van der Waals surface area contributed by atoms with Crippen LogP contribution in [0.5, 0.6) is 0 Å². The fourth-order valence-electron chi connectivity index (χ4n) is 2.01. The topological polar surface area (TPSA) is 24.9 Å². The van der Waals surface area contributed by atoms with Gasteiger partial charge in [-0.25, -0.2) is 4.98 Å². The van der Waals surface area contributed by atoms with Gasteiger partial charge in [0.25, 0.3) is 0 Å². The lowest BCUT2D eigenvalue weighted by Gasteiger charge is -2.01. The zero-order valence-corrected chi connectivity index (χ0v) is 12.9. The number of benzene rings is 1. The summed E-state index contributed by atoms with van der Waals surface area (Å²) in [7, 11) is 0. The SMILES string of the molecule is Cc1cscc1CNCc1nc(-c2ccccc2)cs1. The molecule has 0 saturated heterocycles. The number of aryl methyl sites for hydroxylation is 1. The van der Waals surface area contributed by atoms with Gasteiger partial charge in [-0.3, -0.25) is 0 Å². The largest absolute Gasteiger partial charge is 0.306 e. The second-order valence-electron chi connectivity index (χ2n) is 4.68. The van der Waals surface area contributed by atoms with Gasteiger partial charge in [0, 0.05) is 24.0 Å². The van der Waals surface area contributed by atoms with Gasteiger partial charge in [-0.1, -0.05) is 30.3 Å². The molecule has 0 atom stereocenters. The lowest BCUT2D eigenvalue weighted by Crippen LogP contribution is -2.12. The Hall–Kier alpha value is -1.49. The summed E-state index contributed by atoms with van der Waals surface area (Å²) < 4.78 is 0. The Morgan fingerprint density at radius 2 is 1.90 bits per heavy atom. The van der Waals surface area contributed by atoms with Crippen molar-refractivity contribution >= 4 is 22.7 Å². The Labute approximate surface area is 127 Å². The van der Waals surface area contributed by atoms with E-state index in [4.69, 9.17) is 0 Å². The molecule has 2 nitrogen and oxygen atoms in total. The smallest absolute Gasteiger partial charge is 0.107 e. The monoisotopic (exact) mass is 300 g/mol. The average molecular weight is 300 g/mol. The van der Waals surface area contributed by atoms with Crippen molar-refractivity contribution in [1.82, 2.24) is 10.3 Å². The number of hydrogen-bond acceptors (Lipinski definition) is 4. The molecular weight excluding hydrogens is 284 g/mol. The fourth-order valence-corrected chi connectivity index (χ4v) is 3.64. The van der Waals surface area contributed by atoms with E-state index in [1.807, 2.05) is 18.2 Å². The quantitative estimate of drug-likeness (QED) is 0.752. The van der Waals surface area contributed by atoms with E-state index < -0.39 is 0 Å². The van der Waals surface area contributed by atoms with Crippen LogP contribution in [0, 0.1) is 6.92 Å². The van der Waals surface area contributed by atoms with Gasteiger partial charge in [0.2, 0.25) is 0 Å². The van der Waals surface area contributed by atoms with Gasteiger partial charge in [0.05, 0.1) is 5.69 Å². The molecule has 0 unspecified atom stereocenters. The highest BCUT2D eigenvalue weighted by atomic mass is 32.1. The van der Waals surface area contributed by atoms with Gasteiger partial charge in [-0.15, -0.1) is 11.3 Å². The van der Waals surface area contributed by atoms with E-state index in [1.54, 1.807) is 22.7 Å². The summed E-state index contributed by atoms with van der Waals surface area (Å²) in [5, 5.41) is 11.1. The molecule has 3 aromatic rings. The third-order valence-corrected chi connectivity index (χ3v) is 4.93. The molecule has 0 amide bonds. The zero-order valence-electron chi connectivity index (χ0n) is 11.3. The molecule has 20 heavy (non-hydrogen) atoms. The van der Waals surface area contributed by atoms with Gasteiger partial charge in [0.15, 0.2) is 0 Å². The molecule has 0 aliphatic rings. The first-order chi connectivity index (χ1) is 9.83. The molecule has 0 saturated carbocycles. The standard InChI is InChI=1S/C16H16N2S2/c1-12-9-19-10-14(12)7-17-8-16-18-15(11-20-16)13-5-3-2-4-6-13/h2-6,9-11,17H,7-8H2,1H3. The van der Waals surface area contributed by atoms with Crippen molar-refractivity contribution in [2.24, 2.45) is 0 Å². The molecule has 0 aliphatic carbocycles. The minimum atomic E-state index is 0.826. The van der Waals surface area contributed by atoms with E-state index in [0.717, 1.165) is 23.8 Å². The Kier molecular flexibility index (Phi) is 4.25. The van der Waals surface area contributed by atoms with Crippen LogP contribution in [0.2, 0.25) is 0 Å². The first-order valence-electron chi connectivity index (χ1n) is 6.55. The van der Waals surface area contributed by atoms with E-state index in [-0.39, 0.29) is 0 Å². The van der Waals surface area contributed by atoms with Crippen molar-refractivity contribution in [3.63, 3.8) is 0 Å². The normalized spacial score (nSPS) is 10.8. The van der Waals surface area contributed by atoms with Crippen molar-refractivity contribution in [2.75, 3.05) is 0 Å². The molecule has 0 radical (unpaired) electrons. The van der Waals surface area contributed by atoms with Crippen LogP contribution in [0.3, 0.4) is 0 Å². The molecule has 4 heteroatoms. The highest BCUT2D eigenvalue weighted by Crippen LogP contribution is 2.21. The van der Waals surface area contributed by atoms with Crippen molar-refractivity contribution in [3.8, 4) is 11.3 Å². The van der Waals surface area contributed by atoms with Crippen LogP contribution >= 0.6 is 22.7 Å². The summed E-state index contributed by atoms with van der Waals surface area (Å²) in [6.07, 6.45) is 0. The van der Waals surface area contributed by atoms with E-state index >= 15 is 0 Å². The second-order valence-corrected chi connectivity index (χ2v) is 6.36. The third kappa shape index (κ3) is 3.15. The molecule has 0 aliphatic heterocycles.